The molecule has 8 amide bonds. The number of nitrogens with two attached hydrogens (primary N) is 1. The molecule has 3 aliphatic rings. The highest BCUT2D eigenvalue weighted by Crippen LogP contribution is 2.31. The number of primary amides is 1. The standard InChI is InChI=1S/C55H71N9O10/c1-55(2,3)74-53(72)58-40-34-62(46(67)25-16-8-6-5-7-11-22-37-23-17-24-41-48(37)61(4)54(73)64(41)43-29-31-45(66)59-51(43)70)33-32-38-26-28-42(63(38)52(40)71)50(69)57-39(27-30-44(56)65)49(68)60-47(35-18-12-9-13-19-35)36-20-14-10-15-21-36/h9-10,12-15,17-21,23-24,38-40,42-43,47H,5-8,11,16,22,25-34H2,1-4H3,(H2,56,65)(H,57,69)(H,58,72)(H,60,68)(H,59,66,70)/t38-,39+,40+,42+,43?/m1/s1. The number of hydrogen-bond donors (Lipinski definition) is 5. The molecule has 3 aliphatic heterocycles. The third kappa shape index (κ3) is 13.6. The number of unbranched alkanes of at least 4 members (excludes halogenated alkanes) is 5. The van der Waals surface area contributed by atoms with E-state index in [1.807, 2.05) is 78.9 Å². The number of ether oxygens (including phenoxy) is 1. The summed E-state index contributed by atoms with van der Waals surface area (Å²) in [5, 5.41) is 11.0. The third-order valence-corrected chi connectivity index (χ3v) is 14.2. The van der Waals surface area contributed by atoms with Crippen LogP contribution in [0.4, 0.5) is 4.79 Å². The molecule has 3 saturated heterocycles. The molecular weight excluding hydrogens is 947 g/mol. The third-order valence-electron chi connectivity index (χ3n) is 14.2. The predicted molar refractivity (Wildman–Crippen MR) is 276 cm³/mol. The molecular formula is C55H71N9O10. The molecule has 0 spiro atoms. The van der Waals surface area contributed by atoms with E-state index in [4.69, 9.17) is 10.5 Å². The number of benzene rings is 3. The van der Waals surface area contributed by atoms with Gasteiger partial charge >= 0.3 is 11.8 Å². The van der Waals surface area contributed by atoms with Gasteiger partial charge in [0, 0.05) is 38.9 Å². The zero-order valence-electron chi connectivity index (χ0n) is 42.9. The van der Waals surface area contributed by atoms with Crippen molar-refractivity contribution in [1.29, 1.82) is 0 Å². The van der Waals surface area contributed by atoms with Gasteiger partial charge in [-0.3, -0.25) is 48.0 Å². The molecule has 0 bridgehead atoms. The first-order valence-electron chi connectivity index (χ1n) is 26.0. The maximum atomic E-state index is 14.7. The molecule has 1 aromatic heterocycles. The molecule has 3 fully saturated rings. The maximum absolute atomic E-state index is 14.7. The summed E-state index contributed by atoms with van der Waals surface area (Å²) in [6.07, 6.45) is 6.49. The van der Waals surface area contributed by atoms with Crippen LogP contribution in [0.25, 0.3) is 11.0 Å². The van der Waals surface area contributed by atoms with Crippen LogP contribution in [-0.2, 0) is 51.8 Å². The molecule has 3 aromatic carbocycles. The minimum absolute atomic E-state index is 0.0823. The van der Waals surface area contributed by atoms with Crippen LogP contribution in [0.15, 0.2) is 83.7 Å². The van der Waals surface area contributed by atoms with E-state index in [1.54, 1.807) is 37.3 Å². The van der Waals surface area contributed by atoms with Crippen molar-refractivity contribution < 1.29 is 43.1 Å². The Morgan fingerprint density at radius 1 is 0.784 bits per heavy atom. The Bertz CT molecular complexity index is 2710. The minimum atomic E-state index is -1.24. The van der Waals surface area contributed by atoms with E-state index < -0.39 is 77.5 Å². The lowest BCUT2D eigenvalue weighted by atomic mass is 9.98. The highest BCUT2D eigenvalue weighted by Gasteiger charge is 2.46. The molecule has 1 unspecified atom stereocenters. The van der Waals surface area contributed by atoms with Crippen LogP contribution in [0.3, 0.4) is 0 Å². The fourth-order valence-electron chi connectivity index (χ4n) is 10.5. The Morgan fingerprint density at radius 2 is 1.45 bits per heavy atom. The Labute approximate surface area is 431 Å². The topological polar surface area (TPSA) is 253 Å². The smallest absolute Gasteiger partial charge is 0.408 e. The Kier molecular flexibility index (Phi) is 18.1. The SMILES string of the molecule is Cn1c(=O)n(C2CCC(=O)NC2=O)c2cccc(CCCCCCCCC(=O)N3CC[C@H]4CC[C@@H](C(=O)N[C@@H](CCC(N)=O)C(=O)NC(c5ccccc5)c5ccccc5)N4C(=O)[C@@H](NC(=O)OC(C)(C)C)C3)c21. The van der Waals surface area contributed by atoms with Gasteiger partial charge in [-0.1, -0.05) is 98.5 Å². The first-order chi connectivity index (χ1) is 35.4. The van der Waals surface area contributed by atoms with Crippen LogP contribution in [-0.4, -0.2) is 109 Å². The number of fused-ring (bicyclic) bond motifs is 2. The number of carbonyl (C=O) groups excluding carboxylic acids is 8. The molecule has 4 heterocycles. The Morgan fingerprint density at radius 3 is 2.09 bits per heavy atom. The van der Waals surface area contributed by atoms with Crippen molar-refractivity contribution in [2.24, 2.45) is 12.8 Å². The van der Waals surface area contributed by atoms with Gasteiger partial charge in [0.25, 0.3) is 0 Å². The lowest BCUT2D eigenvalue weighted by Crippen LogP contribution is -2.62. The van der Waals surface area contributed by atoms with Gasteiger partial charge in [-0.25, -0.2) is 9.59 Å². The number of aryl methyl sites for hydroxylation is 2. The number of imide groups is 1. The zero-order valence-corrected chi connectivity index (χ0v) is 42.9. The highest BCUT2D eigenvalue weighted by atomic mass is 16.6. The summed E-state index contributed by atoms with van der Waals surface area (Å²) >= 11 is 0. The van der Waals surface area contributed by atoms with E-state index >= 15 is 0 Å². The van der Waals surface area contributed by atoms with Crippen molar-refractivity contribution in [3.05, 3.63) is 106 Å². The molecule has 0 radical (unpaired) electrons. The quantitative estimate of drug-likeness (QED) is 0.0601. The van der Waals surface area contributed by atoms with Gasteiger partial charge in [0.2, 0.25) is 41.4 Å². The van der Waals surface area contributed by atoms with Gasteiger partial charge in [-0.2, -0.15) is 0 Å². The van der Waals surface area contributed by atoms with Crippen LogP contribution in [0.5, 0.6) is 0 Å². The number of hydrogen-bond acceptors (Lipinski definition) is 10. The average molecular weight is 1020 g/mol. The number of nitrogens with one attached hydrogen (secondary N) is 4. The Balaban J connectivity index is 0.947. The summed E-state index contributed by atoms with van der Waals surface area (Å²) < 4.78 is 8.62. The van der Waals surface area contributed by atoms with Crippen molar-refractivity contribution in [2.45, 2.75) is 159 Å². The number of nitrogens with zero attached hydrogens (tertiary/aromatic N) is 4. The van der Waals surface area contributed by atoms with Crippen molar-refractivity contribution >= 4 is 58.5 Å². The first-order valence-corrected chi connectivity index (χ1v) is 26.0. The predicted octanol–water partition coefficient (Wildman–Crippen LogP) is 4.73. The van der Waals surface area contributed by atoms with E-state index in [0.29, 0.717) is 24.8 Å². The number of rotatable bonds is 20. The van der Waals surface area contributed by atoms with Gasteiger partial charge in [-0.05, 0) is 94.9 Å². The monoisotopic (exact) mass is 1020 g/mol. The van der Waals surface area contributed by atoms with Crippen LogP contribution < -0.4 is 32.7 Å². The molecule has 19 nitrogen and oxygen atoms in total. The lowest BCUT2D eigenvalue weighted by molar-refractivity contribution is -0.146. The fraction of sp³-hybridized carbons (Fsp3) is 0.509. The van der Waals surface area contributed by atoms with Gasteiger partial charge in [0.15, 0.2) is 0 Å². The van der Waals surface area contributed by atoms with Crippen LogP contribution in [0, 0.1) is 0 Å². The van der Waals surface area contributed by atoms with E-state index in [9.17, 15) is 43.2 Å². The molecule has 0 saturated carbocycles. The average Bonchev–Trinajstić information content (AvgIpc) is 3.90. The molecule has 0 aliphatic carbocycles. The number of para-hydroxylation sites is 1. The summed E-state index contributed by atoms with van der Waals surface area (Å²) in [6, 6.07) is 19.2. The number of imidazole rings is 1. The number of carbonyl (C=O) groups is 8. The van der Waals surface area contributed by atoms with Gasteiger partial charge in [0.05, 0.1) is 23.6 Å². The molecule has 5 atom stereocenters. The molecule has 4 aromatic rings. The van der Waals surface area contributed by atoms with Crippen molar-refractivity contribution in [1.82, 2.24) is 40.2 Å². The van der Waals surface area contributed by atoms with Crippen molar-refractivity contribution in [3.8, 4) is 0 Å². The van der Waals surface area contributed by atoms with E-state index in [-0.39, 0.29) is 69.1 Å². The summed E-state index contributed by atoms with van der Waals surface area (Å²) in [5.74, 6) is -3.27. The molecule has 7 rings (SSSR count). The number of aromatic nitrogens is 2. The summed E-state index contributed by atoms with van der Waals surface area (Å²) in [7, 11) is 1.70. The van der Waals surface area contributed by atoms with Gasteiger partial charge < -0.3 is 36.2 Å². The molecule has 396 valence electrons. The van der Waals surface area contributed by atoms with Gasteiger partial charge in [-0.15, -0.1) is 0 Å². The second-order valence-electron chi connectivity index (χ2n) is 20.7. The Hall–Kier alpha value is -7.31. The van der Waals surface area contributed by atoms with E-state index in [1.165, 1.54) is 9.47 Å². The second kappa shape index (κ2) is 24.6. The summed E-state index contributed by atoms with van der Waals surface area (Å²) in [6.45, 7) is 5.25. The minimum Gasteiger partial charge on any atom is -0.444 e. The van der Waals surface area contributed by atoms with Crippen LogP contribution in [0.1, 0.15) is 139 Å². The van der Waals surface area contributed by atoms with E-state index in [2.05, 4.69) is 21.3 Å². The lowest BCUT2D eigenvalue weighted by Gasteiger charge is -2.39. The molecule has 6 N–H and O–H groups in total. The fourth-order valence-corrected chi connectivity index (χ4v) is 10.5. The van der Waals surface area contributed by atoms with Crippen molar-refractivity contribution in [3.63, 3.8) is 0 Å². The van der Waals surface area contributed by atoms with Gasteiger partial charge in [0.1, 0.15) is 29.8 Å². The summed E-state index contributed by atoms with van der Waals surface area (Å²) in [4.78, 5) is 123. The number of piperidine rings is 1. The number of amides is 8. The second-order valence-corrected chi connectivity index (χ2v) is 20.7. The van der Waals surface area contributed by atoms with Crippen molar-refractivity contribution in [2.75, 3.05) is 13.1 Å². The zero-order chi connectivity index (χ0) is 53.1. The number of alkyl carbamates (subject to hydrolysis) is 1. The molecule has 19 heteroatoms. The highest BCUT2D eigenvalue weighted by molar-refractivity contribution is 6.00. The van der Waals surface area contributed by atoms with E-state index in [0.717, 1.165) is 60.7 Å². The molecule has 74 heavy (non-hydrogen) atoms. The normalized spacial score (nSPS) is 19.6. The largest absolute Gasteiger partial charge is 0.444 e. The maximum Gasteiger partial charge on any atom is 0.408 e. The van der Waals surface area contributed by atoms with Crippen LogP contribution >= 0.6 is 0 Å². The summed E-state index contributed by atoms with van der Waals surface area (Å²) in [5.41, 5.74) is 8.41. The van der Waals surface area contributed by atoms with Crippen LogP contribution in [0.2, 0.25) is 0 Å². The first kappa shape index (κ1) is 54.5.